The van der Waals surface area contributed by atoms with Crippen LogP contribution in [0.1, 0.15) is 49.1 Å². The fraction of sp³-hybridized carbons (Fsp3) is 0.225. The Morgan fingerprint density at radius 1 is 0.979 bits per heavy atom. The lowest BCUT2D eigenvalue weighted by Gasteiger charge is -2.30. The third kappa shape index (κ3) is 5.08. The number of likely N-dealkylation sites (N-methyl/N-ethyl adjacent to an activating group) is 1. The minimum atomic E-state index is -0.737. The highest BCUT2D eigenvalue weighted by atomic mass is 32.1. The number of hydrogen-bond acceptors (Lipinski definition) is 5. The number of hydrogen-bond donors (Lipinski definition) is 1. The van der Waals surface area contributed by atoms with Gasteiger partial charge in [-0.3, -0.25) is 14.2 Å². The Morgan fingerprint density at radius 2 is 1.71 bits per heavy atom. The lowest BCUT2D eigenvalue weighted by Crippen LogP contribution is -2.43. The number of amides is 1. The molecule has 0 bridgehead atoms. The number of allylic oxidation sites excluding steroid dienone is 1. The molecular weight excluding hydrogens is 617 g/mol. The van der Waals surface area contributed by atoms with Gasteiger partial charge in [-0.05, 0) is 74.7 Å². The molecule has 1 aliphatic heterocycles. The molecule has 7 rings (SSSR count). The Balaban J connectivity index is 1.56. The molecule has 0 saturated carbocycles. The van der Waals surface area contributed by atoms with Gasteiger partial charge < -0.3 is 14.6 Å². The number of aromatic nitrogens is 2. The van der Waals surface area contributed by atoms with Crippen LogP contribution in [0.15, 0.2) is 99.9 Å². The number of nitrogens with one attached hydrogen (secondary N) is 1. The van der Waals surface area contributed by atoms with E-state index in [1.54, 1.807) is 16.6 Å². The summed E-state index contributed by atoms with van der Waals surface area (Å²) in [5.74, 6) is 0.478. The van der Waals surface area contributed by atoms with Crippen molar-refractivity contribution in [2.45, 2.75) is 40.7 Å². The lowest BCUT2D eigenvalue weighted by atomic mass is 9.90. The molecule has 3 heterocycles. The SMILES string of the molecule is CCN(CC)C(=O)C1=C(C)N=c2s/c(=C/c3c(-c4ccccc4)[nH]c4c(C)cc(C)cc34)c(=O)n2[C@H]1c1c(OC)ccc2ccccc12. The molecule has 0 aliphatic carbocycles. The van der Waals surface area contributed by atoms with Crippen molar-refractivity contribution in [1.82, 2.24) is 14.5 Å². The minimum absolute atomic E-state index is 0.135. The quantitative estimate of drug-likeness (QED) is 0.201. The number of carbonyl (C=O) groups excluding carboxylic acids is 1. The van der Waals surface area contributed by atoms with Crippen LogP contribution in [0.3, 0.4) is 0 Å². The summed E-state index contributed by atoms with van der Waals surface area (Å²) in [5, 5.41) is 2.97. The van der Waals surface area contributed by atoms with Crippen molar-refractivity contribution in [3.8, 4) is 17.0 Å². The number of nitrogens with zero attached hydrogens (tertiary/aromatic N) is 3. The first kappa shape index (κ1) is 31.4. The minimum Gasteiger partial charge on any atom is -0.496 e. The number of H-pyrrole nitrogens is 1. The molecule has 0 fully saturated rings. The summed E-state index contributed by atoms with van der Waals surface area (Å²) in [6, 6.07) is 25.8. The van der Waals surface area contributed by atoms with Crippen molar-refractivity contribution in [3.05, 3.63) is 132 Å². The molecule has 4 aromatic carbocycles. The Kier molecular flexibility index (Phi) is 8.13. The van der Waals surface area contributed by atoms with E-state index in [0.717, 1.165) is 55.2 Å². The van der Waals surface area contributed by atoms with Crippen LogP contribution in [0.4, 0.5) is 0 Å². The molecule has 1 amide bonds. The van der Waals surface area contributed by atoms with E-state index in [-0.39, 0.29) is 11.5 Å². The molecule has 242 valence electrons. The predicted molar refractivity (Wildman–Crippen MR) is 195 cm³/mol. The van der Waals surface area contributed by atoms with Gasteiger partial charge in [-0.1, -0.05) is 83.6 Å². The summed E-state index contributed by atoms with van der Waals surface area (Å²) in [5.41, 5.74) is 7.91. The molecule has 0 saturated heterocycles. The zero-order valence-corrected chi connectivity index (χ0v) is 28.9. The van der Waals surface area contributed by atoms with Crippen molar-refractivity contribution >= 4 is 45.0 Å². The van der Waals surface area contributed by atoms with Crippen LogP contribution < -0.4 is 19.6 Å². The smallest absolute Gasteiger partial charge is 0.271 e. The zero-order valence-electron chi connectivity index (χ0n) is 28.0. The second-order valence-electron chi connectivity index (χ2n) is 12.2. The van der Waals surface area contributed by atoms with Gasteiger partial charge >= 0.3 is 0 Å². The highest BCUT2D eigenvalue weighted by Gasteiger charge is 2.36. The van der Waals surface area contributed by atoms with E-state index in [4.69, 9.17) is 9.73 Å². The second kappa shape index (κ2) is 12.4. The molecule has 7 nitrogen and oxygen atoms in total. The van der Waals surface area contributed by atoms with E-state index >= 15 is 0 Å². The summed E-state index contributed by atoms with van der Waals surface area (Å²) >= 11 is 1.35. The van der Waals surface area contributed by atoms with Crippen LogP contribution in [0.25, 0.3) is 39.0 Å². The summed E-state index contributed by atoms with van der Waals surface area (Å²) in [6.45, 7) is 11.1. The molecule has 1 aliphatic rings. The first-order valence-corrected chi connectivity index (χ1v) is 17.1. The number of ether oxygens (including phenoxy) is 1. The highest BCUT2D eigenvalue weighted by molar-refractivity contribution is 7.07. The van der Waals surface area contributed by atoms with E-state index in [1.165, 1.54) is 11.3 Å². The van der Waals surface area contributed by atoms with Crippen LogP contribution in [0, 0.1) is 13.8 Å². The van der Waals surface area contributed by atoms with E-state index < -0.39 is 6.04 Å². The summed E-state index contributed by atoms with van der Waals surface area (Å²) < 4.78 is 8.21. The van der Waals surface area contributed by atoms with Crippen LogP contribution in [-0.2, 0) is 4.79 Å². The van der Waals surface area contributed by atoms with Crippen molar-refractivity contribution in [3.63, 3.8) is 0 Å². The molecule has 1 atom stereocenters. The van der Waals surface area contributed by atoms with Gasteiger partial charge in [0.2, 0.25) is 0 Å². The number of rotatable bonds is 7. The zero-order chi connectivity index (χ0) is 33.7. The van der Waals surface area contributed by atoms with Crippen LogP contribution >= 0.6 is 11.3 Å². The fourth-order valence-electron chi connectivity index (χ4n) is 7.07. The predicted octanol–water partition coefficient (Wildman–Crippen LogP) is 7.03. The summed E-state index contributed by atoms with van der Waals surface area (Å²) in [7, 11) is 1.63. The topological polar surface area (TPSA) is 79.7 Å². The molecule has 8 heteroatoms. The largest absolute Gasteiger partial charge is 0.496 e. The molecule has 2 aromatic heterocycles. The lowest BCUT2D eigenvalue weighted by molar-refractivity contribution is -0.127. The van der Waals surface area contributed by atoms with Crippen molar-refractivity contribution in [1.29, 1.82) is 0 Å². The number of carbonyl (C=O) groups is 1. The van der Waals surface area contributed by atoms with E-state index in [9.17, 15) is 9.59 Å². The Morgan fingerprint density at radius 3 is 2.44 bits per heavy atom. The number of fused-ring (bicyclic) bond motifs is 3. The van der Waals surface area contributed by atoms with Crippen LogP contribution in [0.5, 0.6) is 5.75 Å². The number of thiazole rings is 1. The van der Waals surface area contributed by atoms with Gasteiger partial charge in [-0.2, -0.15) is 0 Å². The Hall–Kier alpha value is -5.21. The monoisotopic (exact) mass is 654 g/mol. The third-order valence-electron chi connectivity index (χ3n) is 9.35. The molecule has 1 N–H and O–H groups in total. The average Bonchev–Trinajstić information content (AvgIpc) is 3.61. The molecular formula is C40H38N4O3S. The summed E-state index contributed by atoms with van der Waals surface area (Å²) in [6.07, 6.45) is 1.99. The maximum Gasteiger partial charge on any atom is 0.271 e. The molecule has 0 spiro atoms. The van der Waals surface area contributed by atoms with Gasteiger partial charge in [0.1, 0.15) is 11.8 Å². The van der Waals surface area contributed by atoms with Gasteiger partial charge in [-0.15, -0.1) is 0 Å². The van der Waals surface area contributed by atoms with E-state index in [1.807, 2.05) is 81.4 Å². The molecule has 0 unspecified atom stereocenters. The van der Waals surface area contributed by atoms with Gasteiger partial charge in [0.15, 0.2) is 4.80 Å². The number of methoxy groups -OCH3 is 1. The van der Waals surface area contributed by atoms with Crippen molar-refractivity contribution in [2.24, 2.45) is 4.99 Å². The van der Waals surface area contributed by atoms with Gasteiger partial charge in [0.25, 0.3) is 11.5 Å². The van der Waals surface area contributed by atoms with Crippen molar-refractivity contribution < 1.29 is 9.53 Å². The average molecular weight is 655 g/mol. The van der Waals surface area contributed by atoms with E-state index in [2.05, 4.69) is 43.1 Å². The normalized spacial score (nSPS) is 14.8. The van der Waals surface area contributed by atoms with Gasteiger partial charge in [0, 0.05) is 35.1 Å². The maximum atomic E-state index is 14.8. The number of aryl methyl sites for hydroxylation is 2. The van der Waals surface area contributed by atoms with Crippen LogP contribution in [0.2, 0.25) is 0 Å². The van der Waals surface area contributed by atoms with Gasteiger partial charge in [-0.25, -0.2) is 4.99 Å². The summed E-state index contributed by atoms with van der Waals surface area (Å²) in [4.78, 5) is 40.1. The third-order valence-corrected chi connectivity index (χ3v) is 10.3. The van der Waals surface area contributed by atoms with Gasteiger partial charge in [0.05, 0.1) is 28.6 Å². The Bertz CT molecular complexity index is 2450. The molecule has 48 heavy (non-hydrogen) atoms. The van der Waals surface area contributed by atoms with Crippen LogP contribution in [-0.4, -0.2) is 40.6 Å². The fourth-order valence-corrected chi connectivity index (χ4v) is 8.10. The second-order valence-corrected chi connectivity index (χ2v) is 13.3. The number of aromatic amines is 1. The first-order chi connectivity index (χ1) is 23.2. The van der Waals surface area contributed by atoms with Crippen molar-refractivity contribution in [2.75, 3.05) is 20.2 Å². The number of benzene rings is 4. The Labute approximate surface area is 283 Å². The first-order valence-electron chi connectivity index (χ1n) is 16.3. The standard InChI is InChI=1S/C40H38N4O3S/c1-7-43(8-2)39(46)33-25(5)41-40-44(37(33)34-28-17-13-12-14-26(28)18-19-31(34)47-6)38(45)32(48-40)22-30-29-21-23(3)20-24(4)35(29)42-36(30)27-15-10-9-11-16-27/h9-22,37,42H,7-8H2,1-6H3/b32-22+/t37-/m1/s1. The molecule has 0 radical (unpaired) electrons. The molecule has 6 aromatic rings. The van der Waals surface area contributed by atoms with E-state index in [0.29, 0.717) is 39.4 Å². The highest BCUT2D eigenvalue weighted by Crippen LogP contribution is 2.41. The maximum absolute atomic E-state index is 14.8.